The number of unbranched alkanes of at least 4 members (excludes halogenated alkanes) is 1. The Kier molecular flexibility index (Phi) is 7.08. The molecule has 9 heteroatoms. The van der Waals surface area contributed by atoms with Crippen molar-refractivity contribution in [3.8, 4) is 11.8 Å². The number of anilines is 1. The molecule has 0 aliphatic carbocycles. The fraction of sp³-hybridized carbons (Fsp3) is 0.250. The van der Waals surface area contributed by atoms with Gasteiger partial charge in [-0.1, -0.05) is 30.3 Å². The maximum Gasteiger partial charge on any atom is 0.267 e. The second kappa shape index (κ2) is 10.2. The van der Waals surface area contributed by atoms with E-state index in [1.807, 2.05) is 24.3 Å². The SMILES string of the molecule is N#CCCCOc1cccc(NC(=O)c2sccc2S(=O)(=O)N2CCc3ccccc3C2)c1. The number of benzene rings is 2. The number of hydrogen-bond donors (Lipinski definition) is 1. The quantitative estimate of drug-likeness (QED) is 0.480. The van der Waals surface area contributed by atoms with Crippen LogP contribution in [-0.2, 0) is 23.0 Å². The summed E-state index contributed by atoms with van der Waals surface area (Å²) >= 11 is 1.10. The molecule has 3 aromatic rings. The predicted molar refractivity (Wildman–Crippen MR) is 127 cm³/mol. The Hall–Kier alpha value is -3.19. The van der Waals surface area contributed by atoms with Gasteiger partial charge in [-0.15, -0.1) is 11.3 Å². The van der Waals surface area contributed by atoms with Crippen LogP contribution in [0.2, 0.25) is 0 Å². The maximum absolute atomic E-state index is 13.4. The number of sulfonamides is 1. The minimum absolute atomic E-state index is 0.0216. The number of carbonyl (C=O) groups is 1. The molecule has 1 aliphatic heterocycles. The van der Waals surface area contributed by atoms with Crippen LogP contribution < -0.4 is 10.1 Å². The average molecular weight is 482 g/mol. The number of nitrogens with one attached hydrogen (secondary N) is 1. The summed E-state index contributed by atoms with van der Waals surface area (Å²) in [4.78, 5) is 13.1. The molecule has 33 heavy (non-hydrogen) atoms. The van der Waals surface area contributed by atoms with Gasteiger partial charge in [-0.05, 0) is 47.5 Å². The van der Waals surface area contributed by atoms with Crippen LogP contribution in [0, 0.1) is 11.3 Å². The number of thiophene rings is 1. The number of carbonyl (C=O) groups excluding carboxylic acids is 1. The molecule has 2 heterocycles. The van der Waals surface area contributed by atoms with Crippen LogP contribution in [-0.4, -0.2) is 31.8 Å². The minimum Gasteiger partial charge on any atom is -0.493 e. The van der Waals surface area contributed by atoms with Crippen molar-refractivity contribution in [3.63, 3.8) is 0 Å². The number of nitriles is 1. The van der Waals surface area contributed by atoms with Gasteiger partial charge in [0.1, 0.15) is 15.5 Å². The van der Waals surface area contributed by atoms with Crippen LogP contribution in [0.15, 0.2) is 64.9 Å². The van der Waals surface area contributed by atoms with Crippen molar-refractivity contribution < 1.29 is 17.9 Å². The van der Waals surface area contributed by atoms with Crippen LogP contribution in [0.25, 0.3) is 0 Å². The number of amides is 1. The van der Waals surface area contributed by atoms with Gasteiger partial charge in [-0.25, -0.2) is 8.42 Å². The molecule has 0 bridgehead atoms. The first-order chi connectivity index (χ1) is 16.0. The number of nitrogens with zero attached hydrogens (tertiary/aromatic N) is 2. The lowest BCUT2D eigenvalue weighted by Gasteiger charge is -2.28. The molecule has 4 rings (SSSR count). The van der Waals surface area contributed by atoms with Crippen molar-refractivity contribution >= 4 is 33.0 Å². The van der Waals surface area contributed by atoms with Crippen LogP contribution in [0.5, 0.6) is 5.75 Å². The molecule has 1 aromatic heterocycles. The molecule has 0 spiro atoms. The Balaban J connectivity index is 1.48. The summed E-state index contributed by atoms with van der Waals surface area (Å²) in [6, 6.07) is 18.3. The number of rotatable bonds is 8. The van der Waals surface area contributed by atoms with E-state index in [2.05, 4.69) is 11.4 Å². The third-order valence-electron chi connectivity index (χ3n) is 5.34. The summed E-state index contributed by atoms with van der Waals surface area (Å²) in [5.41, 5.74) is 2.64. The molecule has 0 unspecified atom stereocenters. The van der Waals surface area contributed by atoms with Crippen molar-refractivity contribution in [2.24, 2.45) is 0 Å². The zero-order chi connectivity index (χ0) is 23.3. The van der Waals surface area contributed by atoms with Gasteiger partial charge in [0.25, 0.3) is 5.91 Å². The Labute approximate surface area is 197 Å². The van der Waals surface area contributed by atoms with Crippen molar-refractivity contribution in [2.45, 2.75) is 30.7 Å². The van der Waals surface area contributed by atoms with E-state index >= 15 is 0 Å². The molecule has 1 amide bonds. The van der Waals surface area contributed by atoms with Crippen molar-refractivity contribution in [1.82, 2.24) is 4.31 Å². The normalized spacial score (nSPS) is 13.7. The second-order valence-electron chi connectivity index (χ2n) is 7.56. The zero-order valence-corrected chi connectivity index (χ0v) is 19.5. The third-order valence-corrected chi connectivity index (χ3v) is 8.27. The molecular formula is C24H23N3O4S2. The highest BCUT2D eigenvalue weighted by Gasteiger charge is 2.32. The van der Waals surface area contributed by atoms with E-state index in [-0.39, 0.29) is 9.77 Å². The van der Waals surface area contributed by atoms with E-state index in [0.717, 1.165) is 22.5 Å². The molecule has 0 radical (unpaired) electrons. The van der Waals surface area contributed by atoms with Gasteiger partial charge in [-0.2, -0.15) is 9.57 Å². The molecule has 7 nitrogen and oxygen atoms in total. The fourth-order valence-corrected chi connectivity index (χ4v) is 6.39. The summed E-state index contributed by atoms with van der Waals surface area (Å²) in [5.74, 6) is 0.0827. The molecule has 2 aromatic carbocycles. The molecule has 1 N–H and O–H groups in total. The van der Waals surface area contributed by atoms with E-state index in [4.69, 9.17) is 10.00 Å². The van der Waals surface area contributed by atoms with Crippen molar-refractivity contribution in [3.05, 3.63) is 76.0 Å². The zero-order valence-electron chi connectivity index (χ0n) is 17.9. The first-order valence-electron chi connectivity index (χ1n) is 10.5. The largest absolute Gasteiger partial charge is 0.493 e. The lowest BCUT2D eigenvalue weighted by atomic mass is 10.0. The maximum atomic E-state index is 13.4. The second-order valence-corrected chi connectivity index (χ2v) is 10.4. The van der Waals surface area contributed by atoms with Crippen LogP contribution in [0.1, 0.15) is 33.6 Å². The van der Waals surface area contributed by atoms with Gasteiger partial charge in [0.15, 0.2) is 0 Å². The van der Waals surface area contributed by atoms with Gasteiger partial charge < -0.3 is 10.1 Å². The fourth-order valence-electron chi connectivity index (χ4n) is 3.67. The molecule has 0 saturated carbocycles. The summed E-state index contributed by atoms with van der Waals surface area (Å²) in [6.45, 7) is 1.07. The van der Waals surface area contributed by atoms with Gasteiger partial charge in [-0.3, -0.25) is 4.79 Å². The Bertz CT molecular complexity index is 1290. The Morgan fingerprint density at radius 2 is 1.97 bits per heavy atom. The first-order valence-corrected chi connectivity index (χ1v) is 12.9. The molecule has 170 valence electrons. The van der Waals surface area contributed by atoms with Gasteiger partial charge in [0.05, 0.1) is 12.7 Å². The van der Waals surface area contributed by atoms with E-state index in [1.54, 1.807) is 29.6 Å². The number of hydrogen-bond acceptors (Lipinski definition) is 6. The summed E-state index contributed by atoms with van der Waals surface area (Å²) in [7, 11) is -3.82. The number of fused-ring (bicyclic) bond motifs is 1. The van der Waals surface area contributed by atoms with Gasteiger partial charge in [0, 0.05) is 31.3 Å². The summed E-state index contributed by atoms with van der Waals surface area (Å²) < 4.78 is 33.8. The van der Waals surface area contributed by atoms with Gasteiger partial charge >= 0.3 is 0 Å². The lowest BCUT2D eigenvalue weighted by molar-refractivity contribution is 0.102. The smallest absolute Gasteiger partial charge is 0.267 e. The van der Waals surface area contributed by atoms with Crippen LogP contribution >= 0.6 is 11.3 Å². The average Bonchev–Trinajstić information content (AvgIpc) is 3.33. The highest BCUT2D eigenvalue weighted by molar-refractivity contribution is 7.89. The topological polar surface area (TPSA) is 99.5 Å². The monoisotopic (exact) mass is 481 g/mol. The van der Waals surface area contributed by atoms with Crippen molar-refractivity contribution in [1.29, 1.82) is 5.26 Å². The first kappa shape index (κ1) is 23.0. The van der Waals surface area contributed by atoms with E-state index in [0.29, 0.717) is 50.4 Å². The van der Waals surface area contributed by atoms with E-state index < -0.39 is 15.9 Å². The minimum atomic E-state index is -3.82. The highest BCUT2D eigenvalue weighted by Crippen LogP contribution is 2.30. The standard InChI is InChI=1S/C24H23N3O4S2/c25-12-3-4-14-31-21-9-5-8-20(16-21)26-24(28)23-22(11-15-32-23)33(29,30)27-13-10-18-6-1-2-7-19(18)17-27/h1-2,5-9,11,15-16H,3-4,10,13-14,17H2,(H,26,28). The van der Waals surface area contributed by atoms with Crippen LogP contribution in [0.4, 0.5) is 5.69 Å². The molecule has 0 saturated heterocycles. The molecule has 0 fully saturated rings. The highest BCUT2D eigenvalue weighted by atomic mass is 32.2. The van der Waals surface area contributed by atoms with Crippen molar-refractivity contribution in [2.75, 3.05) is 18.5 Å². The Morgan fingerprint density at radius 1 is 1.15 bits per heavy atom. The van der Waals surface area contributed by atoms with Gasteiger partial charge in [0.2, 0.25) is 10.0 Å². The number of ether oxygens (including phenoxy) is 1. The molecule has 0 atom stereocenters. The molecule has 1 aliphatic rings. The lowest BCUT2D eigenvalue weighted by Crippen LogP contribution is -2.36. The summed E-state index contributed by atoms with van der Waals surface area (Å²) in [5, 5.41) is 13.0. The molecular weight excluding hydrogens is 458 g/mol. The van der Waals surface area contributed by atoms with Crippen LogP contribution in [0.3, 0.4) is 0 Å². The predicted octanol–water partition coefficient (Wildman–Crippen LogP) is 4.43. The Morgan fingerprint density at radius 3 is 2.79 bits per heavy atom. The summed E-state index contributed by atoms with van der Waals surface area (Å²) in [6.07, 6.45) is 1.67. The van der Waals surface area contributed by atoms with E-state index in [1.165, 1.54) is 10.4 Å². The third kappa shape index (κ3) is 5.25. The van der Waals surface area contributed by atoms with E-state index in [9.17, 15) is 13.2 Å².